The summed E-state index contributed by atoms with van der Waals surface area (Å²) >= 11 is 6.04. The Morgan fingerprint density at radius 3 is 1.47 bits per heavy atom. The molecule has 34 heavy (non-hydrogen) atoms. The zero-order valence-electron chi connectivity index (χ0n) is 23.4. The van der Waals surface area contributed by atoms with Gasteiger partial charge in [-0.3, -0.25) is 0 Å². The molecule has 0 spiro atoms. The number of hydrogen-bond acceptors (Lipinski definition) is 0. The van der Waals surface area contributed by atoms with Crippen LogP contribution in [0, 0.1) is 5.41 Å². The molecule has 0 aliphatic rings. The monoisotopic (exact) mass is 490 g/mol. The van der Waals surface area contributed by atoms with Gasteiger partial charge in [0.2, 0.25) is 0 Å². The van der Waals surface area contributed by atoms with Crippen molar-refractivity contribution in [3.63, 3.8) is 0 Å². The van der Waals surface area contributed by atoms with Gasteiger partial charge in [-0.25, -0.2) is 0 Å². The van der Waals surface area contributed by atoms with Gasteiger partial charge in [0.15, 0.2) is 0 Å². The molecule has 1 aromatic carbocycles. The minimum Gasteiger partial charge on any atom is -0.123 e. The van der Waals surface area contributed by atoms with Crippen molar-refractivity contribution in [3.8, 4) is 0 Å². The molecule has 2 unspecified atom stereocenters. The Morgan fingerprint density at radius 1 is 0.618 bits per heavy atom. The van der Waals surface area contributed by atoms with E-state index in [9.17, 15) is 0 Å². The van der Waals surface area contributed by atoms with Crippen molar-refractivity contribution < 1.29 is 0 Å². The van der Waals surface area contributed by atoms with Gasteiger partial charge in [0.25, 0.3) is 0 Å². The van der Waals surface area contributed by atoms with E-state index in [-0.39, 0.29) is 0 Å². The summed E-state index contributed by atoms with van der Waals surface area (Å²) in [5, 5.41) is 0.352. The minimum absolute atomic E-state index is 0.352. The molecule has 1 rings (SSSR count). The maximum Gasteiger partial charge on any atom is 0.0307 e. The molecule has 2 atom stereocenters. The van der Waals surface area contributed by atoms with Gasteiger partial charge >= 0.3 is 0 Å². The van der Waals surface area contributed by atoms with Crippen LogP contribution in [0.25, 0.3) is 0 Å². The van der Waals surface area contributed by atoms with Gasteiger partial charge in [0.05, 0.1) is 0 Å². The van der Waals surface area contributed by atoms with E-state index >= 15 is 0 Å². The van der Waals surface area contributed by atoms with E-state index in [1.54, 1.807) is 0 Å². The third-order valence-corrected chi connectivity index (χ3v) is 7.96. The fourth-order valence-electron chi connectivity index (χ4n) is 5.47. The molecule has 0 saturated carbocycles. The van der Waals surface area contributed by atoms with Crippen LogP contribution in [0.5, 0.6) is 0 Å². The summed E-state index contributed by atoms with van der Waals surface area (Å²) in [4.78, 5) is 0. The quantitative estimate of drug-likeness (QED) is 0.0997. The second kappa shape index (κ2) is 21.8. The average molecular weight is 491 g/mol. The third-order valence-electron chi connectivity index (χ3n) is 7.74. The van der Waals surface area contributed by atoms with Gasteiger partial charge in [-0.15, -0.1) is 11.6 Å². The Hall–Kier alpha value is -0.490. The molecule has 0 fully saturated rings. The standard InChI is InChI=1S/C33H59Cl/c1-4-5-6-7-8-9-11-14-17-23-28-33(3,30-32-26-21-19-22-27-32)29-24-18-15-12-10-13-16-20-25-31(2)34/h19,21-22,26-27,31H,4-18,20,23-25,28-30H2,1-3H3. The number of halogens is 1. The molecule has 0 amide bonds. The summed E-state index contributed by atoms with van der Waals surface area (Å²) in [6.07, 6.45) is 30.7. The molecule has 0 aliphatic heterocycles. The molecule has 0 radical (unpaired) electrons. The Morgan fingerprint density at radius 2 is 1.03 bits per heavy atom. The lowest BCUT2D eigenvalue weighted by Crippen LogP contribution is -2.20. The fourth-order valence-corrected chi connectivity index (χ4v) is 5.62. The van der Waals surface area contributed by atoms with E-state index in [1.807, 2.05) is 0 Å². The van der Waals surface area contributed by atoms with Crippen LogP contribution in [-0.4, -0.2) is 5.38 Å². The molecule has 0 nitrogen and oxygen atoms in total. The van der Waals surface area contributed by atoms with Gasteiger partial charge in [0, 0.05) is 5.38 Å². The van der Waals surface area contributed by atoms with Gasteiger partial charge < -0.3 is 0 Å². The van der Waals surface area contributed by atoms with E-state index in [2.05, 4.69) is 51.1 Å². The summed E-state index contributed by atoms with van der Waals surface area (Å²) in [5.41, 5.74) is 2.00. The molecular weight excluding hydrogens is 432 g/mol. The van der Waals surface area contributed by atoms with Gasteiger partial charge in [-0.1, -0.05) is 160 Å². The van der Waals surface area contributed by atoms with Crippen molar-refractivity contribution in [2.24, 2.45) is 5.41 Å². The van der Waals surface area contributed by atoms with Crippen LogP contribution in [0.3, 0.4) is 0 Å². The first kappa shape index (κ1) is 31.5. The van der Waals surface area contributed by atoms with Crippen LogP contribution in [0.1, 0.15) is 161 Å². The highest BCUT2D eigenvalue weighted by atomic mass is 35.5. The second-order valence-electron chi connectivity index (χ2n) is 11.6. The Bertz CT molecular complexity index is 537. The predicted molar refractivity (Wildman–Crippen MR) is 156 cm³/mol. The summed E-state index contributed by atoms with van der Waals surface area (Å²) in [6, 6.07) is 11.2. The Labute approximate surface area is 220 Å². The second-order valence-corrected chi connectivity index (χ2v) is 12.3. The Kier molecular flexibility index (Phi) is 20.2. The minimum atomic E-state index is 0.352. The van der Waals surface area contributed by atoms with Crippen LogP contribution < -0.4 is 0 Å². The predicted octanol–water partition coefficient (Wildman–Crippen LogP) is 12.1. The van der Waals surface area contributed by atoms with Gasteiger partial charge in [-0.05, 0) is 43.6 Å². The maximum absolute atomic E-state index is 6.04. The molecule has 0 aromatic heterocycles. The lowest BCUT2D eigenvalue weighted by Gasteiger charge is -2.30. The molecular formula is C33H59Cl. The lowest BCUT2D eigenvalue weighted by atomic mass is 9.75. The zero-order valence-corrected chi connectivity index (χ0v) is 24.2. The summed E-state index contributed by atoms with van der Waals surface area (Å²) < 4.78 is 0. The highest BCUT2D eigenvalue weighted by molar-refractivity contribution is 6.20. The van der Waals surface area contributed by atoms with Crippen LogP contribution in [0.4, 0.5) is 0 Å². The van der Waals surface area contributed by atoms with E-state index < -0.39 is 0 Å². The number of hydrogen-bond donors (Lipinski definition) is 0. The third kappa shape index (κ3) is 18.8. The smallest absolute Gasteiger partial charge is 0.0307 e. The van der Waals surface area contributed by atoms with E-state index in [1.165, 1.54) is 147 Å². The van der Waals surface area contributed by atoms with Crippen LogP contribution in [0.15, 0.2) is 30.3 Å². The molecule has 0 bridgehead atoms. The molecule has 1 heteroatoms. The SMILES string of the molecule is CCCCCCCCCCCCC(C)(CCCCCCCCCCC(C)Cl)Cc1ccccc1. The van der Waals surface area contributed by atoms with Crippen LogP contribution >= 0.6 is 11.6 Å². The first-order chi connectivity index (χ1) is 16.6. The molecule has 0 N–H and O–H groups in total. The lowest BCUT2D eigenvalue weighted by molar-refractivity contribution is 0.248. The largest absolute Gasteiger partial charge is 0.123 e. The van der Waals surface area contributed by atoms with Crippen molar-refractivity contribution in [3.05, 3.63) is 35.9 Å². The van der Waals surface area contributed by atoms with Crippen molar-refractivity contribution >= 4 is 11.6 Å². The van der Waals surface area contributed by atoms with Crippen molar-refractivity contribution in [2.75, 3.05) is 0 Å². The highest BCUT2D eigenvalue weighted by Gasteiger charge is 2.23. The van der Waals surface area contributed by atoms with Crippen molar-refractivity contribution in [2.45, 2.75) is 167 Å². The maximum atomic E-state index is 6.04. The molecule has 0 heterocycles. The number of rotatable bonds is 24. The van der Waals surface area contributed by atoms with Gasteiger partial charge in [-0.2, -0.15) is 0 Å². The topological polar surface area (TPSA) is 0 Å². The van der Waals surface area contributed by atoms with Gasteiger partial charge in [0.1, 0.15) is 0 Å². The van der Waals surface area contributed by atoms with Crippen LogP contribution in [0.2, 0.25) is 0 Å². The number of alkyl halides is 1. The first-order valence-corrected chi connectivity index (χ1v) is 15.7. The van der Waals surface area contributed by atoms with Crippen LogP contribution in [-0.2, 0) is 6.42 Å². The van der Waals surface area contributed by atoms with Crippen molar-refractivity contribution in [1.29, 1.82) is 0 Å². The molecule has 0 saturated heterocycles. The van der Waals surface area contributed by atoms with E-state index in [0.717, 1.165) is 0 Å². The number of benzene rings is 1. The normalized spacial score (nSPS) is 14.2. The summed E-state index contributed by atoms with van der Waals surface area (Å²) in [6.45, 7) is 6.99. The van der Waals surface area contributed by atoms with E-state index in [4.69, 9.17) is 11.6 Å². The zero-order chi connectivity index (χ0) is 24.7. The molecule has 0 aliphatic carbocycles. The van der Waals surface area contributed by atoms with E-state index in [0.29, 0.717) is 10.8 Å². The van der Waals surface area contributed by atoms with Crippen molar-refractivity contribution in [1.82, 2.24) is 0 Å². The number of unbranched alkanes of at least 4 members (excludes halogenated alkanes) is 16. The highest BCUT2D eigenvalue weighted by Crippen LogP contribution is 2.35. The summed E-state index contributed by atoms with van der Waals surface area (Å²) in [7, 11) is 0. The summed E-state index contributed by atoms with van der Waals surface area (Å²) in [5.74, 6) is 0. The Balaban J connectivity index is 2.21. The fraction of sp³-hybridized carbons (Fsp3) is 0.818. The first-order valence-electron chi connectivity index (χ1n) is 15.2. The average Bonchev–Trinajstić information content (AvgIpc) is 2.82. The molecule has 198 valence electrons. The molecule has 1 aromatic rings.